The van der Waals surface area contributed by atoms with E-state index in [0.717, 1.165) is 11.1 Å². The quantitative estimate of drug-likeness (QED) is 0.515. The van der Waals surface area contributed by atoms with Gasteiger partial charge in [0.05, 0.1) is 14.2 Å². The minimum atomic E-state index is -0.872. The van der Waals surface area contributed by atoms with Crippen LogP contribution in [0.5, 0.6) is 5.75 Å². The molecule has 0 bridgehead atoms. The van der Waals surface area contributed by atoms with Crippen LogP contribution in [0.15, 0.2) is 60.7 Å². The van der Waals surface area contributed by atoms with Crippen LogP contribution in [0.4, 0.5) is 0 Å². The van der Waals surface area contributed by atoms with Crippen molar-refractivity contribution in [2.45, 2.75) is 12.5 Å². The van der Waals surface area contributed by atoms with Crippen LogP contribution in [0.3, 0.4) is 0 Å². The van der Waals surface area contributed by atoms with E-state index in [1.165, 1.54) is 13.2 Å². The molecule has 0 aliphatic rings. The Hall–Kier alpha value is -3.61. The highest BCUT2D eigenvalue weighted by atomic mass is 16.5. The van der Waals surface area contributed by atoms with Gasteiger partial charge in [0, 0.05) is 12.5 Å². The first kappa shape index (κ1) is 21.7. The number of rotatable bonds is 9. The maximum Gasteiger partial charge on any atom is 0.331 e. The van der Waals surface area contributed by atoms with Crippen molar-refractivity contribution in [3.05, 3.63) is 71.8 Å². The van der Waals surface area contributed by atoms with E-state index in [-0.39, 0.29) is 6.42 Å². The molecule has 2 rings (SSSR count). The van der Waals surface area contributed by atoms with E-state index in [1.54, 1.807) is 37.5 Å². The van der Waals surface area contributed by atoms with Gasteiger partial charge in [-0.3, -0.25) is 4.79 Å². The third kappa shape index (κ3) is 7.50. The van der Waals surface area contributed by atoms with Crippen molar-refractivity contribution in [1.29, 1.82) is 0 Å². The van der Waals surface area contributed by atoms with Crippen molar-refractivity contribution >= 4 is 23.9 Å². The Bertz CT molecular complexity index is 845. The lowest BCUT2D eigenvalue weighted by molar-refractivity contribution is -0.147. The van der Waals surface area contributed by atoms with Crippen molar-refractivity contribution < 1.29 is 28.6 Å². The zero-order chi connectivity index (χ0) is 21.1. The Morgan fingerprint density at radius 3 is 2.31 bits per heavy atom. The maximum absolute atomic E-state index is 12.1. The largest absolute Gasteiger partial charge is 0.497 e. The summed E-state index contributed by atoms with van der Waals surface area (Å²) in [5.74, 6) is -1.14. The molecule has 29 heavy (non-hydrogen) atoms. The molecule has 2 aromatic carbocycles. The van der Waals surface area contributed by atoms with Gasteiger partial charge in [0.25, 0.3) is 5.91 Å². The first-order valence-corrected chi connectivity index (χ1v) is 8.92. The first-order chi connectivity index (χ1) is 14.0. The van der Waals surface area contributed by atoms with Gasteiger partial charge in [-0.25, -0.2) is 9.59 Å². The van der Waals surface area contributed by atoms with Crippen LogP contribution < -0.4 is 10.1 Å². The molecule has 1 N–H and O–H groups in total. The Kier molecular flexibility index (Phi) is 8.44. The van der Waals surface area contributed by atoms with Crippen LogP contribution >= 0.6 is 0 Å². The molecule has 1 atom stereocenters. The van der Waals surface area contributed by atoms with E-state index in [0.29, 0.717) is 5.75 Å². The second-order valence-electron chi connectivity index (χ2n) is 6.05. The van der Waals surface area contributed by atoms with E-state index in [1.807, 2.05) is 30.3 Å². The van der Waals surface area contributed by atoms with Crippen molar-refractivity contribution in [1.82, 2.24) is 5.32 Å². The lowest BCUT2D eigenvalue weighted by atomic mass is 10.1. The second-order valence-corrected chi connectivity index (χ2v) is 6.05. The van der Waals surface area contributed by atoms with Gasteiger partial charge in [-0.1, -0.05) is 42.5 Å². The zero-order valence-electron chi connectivity index (χ0n) is 16.3. The van der Waals surface area contributed by atoms with Crippen LogP contribution in [0.2, 0.25) is 0 Å². The van der Waals surface area contributed by atoms with Crippen molar-refractivity contribution in [3.63, 3.8) is 0 Å². The molecular weight excluding hydrogens is 374 g/mol. The van der Waals surface area contributed by atoms with Gasteiger partial charge in [-0.2, -0.15) is 0 Å². The Balaban J connectivity index is 1.84. The topological polar surface area (TPSA) is 90.9 Å². The fraction of sp³-hybridized carbons (Fsp3) is 0.227. The van der Waals surface area contributed by atoms with Gasteiger partial charge < -0.3 is 19.5 Å². The van der Waals surface area contributed by atoms with Gasteiger partial charge in [0.1, 0.15) is 11.8 Å². The number of amides is 1. The second kappa shape index (κ2) is 11.3. The monoisotopic (exact) mass is 397 g/mol. The number of hydrogen-bond acceptors (Lipinski definition) is 6. The lowest BCUT2D eigenvalue weighted by Gasteiger charge is -2.16. The molecule has 0 aliphatic carbocycles. The molecule has 0 spiro atoms. The highest BCUT2D eigenvalue weighted by Gasteiger charge is 2.22. The molecule has 0 unspecified atom stereocenters. The number of esters is 2. The van der Waals surface area contributed by atoms with E-state index in [9.17, 15) is 14.4 Å². The van der Waals surface area contributed by atoms with Crippen molar-refractivity contribution in [3.8, 4) is 5.75 Å². The van der Waals surface area contributed by atoms with Gasteiger partial charge in [0.15, 0.2) is 6.61 Å². The molecule has 0 aromatic heterocycles. The average molecular weight is 397 g/mol. The summed E-state index contributed by atoms with van der Waals surface area (Å²) in [5, 5.41) is 2.53. The summed E-state index contributed by atoms with van der Waals surface area (Å²) >= 11 is 0. The van der Waals surface area contributed by atoms with Crippen LogP contribution in [0, 0.1) is 0 Å². The van der Waals surface area contributed by atoms with E-state index in [4.69, 9.17) is 14.2 Å². The highest BCUT2D eigenvalue weighted by Crippen LogP contribution is 2.12. The third-order valence-corrected chi connectivity index (χ3v) is 3.98. The van der Waals surface area contributed by atoms with Crippen LogP contribution in [0.1, 0.15) is 11.1 Å². The Morgan fingerprint density at radius 1 is 1.00 bits per heavy atom. The predicted molar refractivity (Wildman–Crippen MR) is 107 cm³/mol. The number of nitrogens with one attached hydrogen (secondary N) is 1. The Morgan fingerprint density at radius 2 is 1.69 bits per heavy atom. The maximum atomic E-state index is 12.1. The normalized spacial score (nSPS) is 11.5. The van der Waals surface area contributed by atoms with E-state index >= 15 is 0 Å². The van der Waals surface area contributed by atoms with Crippen molar-refractivity contribution in [2.24, 2.45) is 0 Å². The summed E-state index contributed by atoms with van der Waals surface area (Å²) in [5.41, 5.74) is 1.64. The highest BCUT2D eigenvalue weighted by molar-refractivity contribution is 5.90. The lowest BCUT2D eigenvalue weighted by Crippen LogP contribution is -2.44. The summed E-state index contributed by atoms with van der Waals surface area (Å²) < 4.78 is 14.7. The molecule has 0 saturated carbocycles. The van der Waals surface area contributed by atoms with E-state index in [2.05, 4.69) is 5.32 Å². The summed E-state index contributed by atoms with van der Waals surface area (Å²) in [6, 6.07) is 15.4. The van der Waals surface area contributed by atoms with Crippen molar-refractivity contribution in [2.75, 3.05) is 20.8 Å². The third-order valence-electron chi connectivity index (χ3n) is 3.98. The molecule has 0 heterocycles. The first-order valence-electron chi connectivity index (χ1n) is 8.92. The fourth-order valence-electron chi connectivity index (χ4n) is 2.49. The minimum Gasteiger partial charge on any atom is -0.497 e. The van der Waals surface area contributed by atoms with Gasteiger partial charge in [-0.15, -0.1) is 0 Å². The Labute approximate surface area is 169 Å². The molecule has 0 aliphatic heterocycles. The molecule has 0 saturated heterocycles. The SMILES string of the molecule is COC(=O)[C@@H](Cc1ccccc1)NC(=O)COC(=O)/C=C/c1ccc(OC)cc1. The van der Waals surface area contributed by atoms with Gasteiger partial charge >= 0.3 is 11.9 Å². The van der Waals surface area contributed by atoms with Crippen LogP contribution in [0.25, 0.3) is 6.08 Å². The minimum absolute atomic E-state index is 0.268. The smallest absolute Gasteiger partial charge is 0.331 e. The summed E-state index contributed by atoms with van der Waals surface area (Å²) in [6.45, 7) is -0.506. The van der Waals surface area contributed by atoms with E-state index < -0.39 is 30.5 Å². The zero-order valence-corrected chi connectivity index (χ0v) is 16.3. The van der Waals surface area contributed by atoms with Gasteiger partial charge in [-0.05, 0) is 29.3 Å². The molecule has 7 heteroatoms. The summed E-state index contributed by atoms with van der Waals surface area (Å²) in [6.07, 6.45) is 3.05. The van der Waals surface area contributed by atoms with Gasteiger partial charge in [0.2, 0.25) is 0 Å². The van der Waals surface area contributed by atoms with Crippen LogP contribution in [-0.2, 0) is 30.3 Å². The average Bonchev–Trinajstić information content (AvgIpc) is 2.76. The molecule has 152 valence electrons. The number of ether oxygens (including phenoxy) is 3. The fourth-order valence-corrected chi connectivity index (χ4v) is 2.49. The molecule has 2 aromatic rings. The summed E-state index contributed by atoms with van der Waals surface area (Å²) in [7, 11) is 2.81. The molecule has 0 radical (unpaired) electrons. The predicted octanol–water partition coefficient (Wildman–Crippen LogP) is 2.15. The number of methoxy groups -OCH3 is 2. The number of carbonyl (C=O) groups is 3. The number of hydrogen-bond donors (Lipinski definition) is 1. The standard InChI is InChI=1S/C22H23NO6/c1-27-18-11-8-16(9-12-18)10-13-21(25)29-15-20(24)23-19(22(26)28-2)14-17-6-4-3-5-7-17/h3-13,19H,14-15H2,1-2H3,(H,23,24)/b13-10+/t19-/m1/s1. The number of carbonyl (C=O) groups excluding carboxylic acids is 3. The summed E-state index contributed by atoms with van der Waals surface area (Å²) in [4.78, 5) is 35.8. The molecular formula is C22H23NO6. The molecule has 7 nitrogen and oxygen atoms in total. The number of benzene rings is 2. The van der Waals surface area contributed by atoms with Crippen LogP contribution in [-0.4, -0.2) is 44.7 Å². The molecule has 0 fully saturated rings. The molecule has 1 amide bonds.